The van der Waals surface area contributed by atoms with Crippen LogP contribution in [-0.2, 0) is 17.7 Å². The molecule has 208 valence electrons. The van der Waals surface area contributed by atoms with Gasteiger partial charge in [-0.3, -0.25) is 4.79 Å². The number of hydrogen-bond acceptors (Lipinski definition) is 8. The molecular weight excluding hydrogens is 520 g/mol. The molecule has 10 nitrogen and oxygen atoms in total. The summed E-state index contributed by atoms with van der Waals surface area (Å²) in [4.78, 5) is 35.7. The second-order valence-corrected chi connectivity index (χ2v) is 10.5. The molecule has 0 radical (unpaired) electrons. The summed E-state index contributed by atoms with van der Waals surface area (Å²) in [5, 5.41) is 13.5. The molecule has 3 aromatic rings. The van der Waals surface area contributed by atoms with Crippen molar-refractivity contribution < 1.29 is 19.4 Å². The van der Waals surface area contributed by atoms with Crippen molar-refractivity contribution in [3.05, 3.63) is 69.5 Å². The number of amides is 2. The van der Waals surface area contributed by atoms with Crippen molar-refractivity contribution in [1.82, 2.24) is 14.9 Å². The van der Waals surface area contributed by atoms with Gasteiger partial charge in [0.1, 0.15) is 11.4 Å². The van der Waals surface area contributed by atoms with Crippen LogP contribution in [0.15, 0.2) is 36.4 Å². The number of nitrogens with two attached hydrogens (primary N) is 2. The fraction of sp³-hybridized carbons (Fsp3) is 0.357. The van der Waals surface area contributed by atoms with Crippen molar-refractivity contribution in [2.75, 3.05) is 23.3 Å². The molecular formula is C28H35ClN6O4. The van der Waals surface area contributed by atoms with E-state index in [2.05, 4.69) is 15.3 Å². The fourth-order valence-electron chi connectivity index (χ4n) is 3.99. The lowest BCUT2D eigenvalue weighted by Gasteiger charge is -2.28. The molecule has 0 aliphatic carbocycles. The van der Waals surface area contributed by atoms with Gasteiger partial charge in [0, 0.05) is 19.5 Å². The normalized spacial score (nSPS) is 11.2. The average Bonchev–Trinajstić information content (AvgIpc) is 2.84. The number of benzene rings is 2. The zero-order chi connectivity index (χ0) is 28.9. The molecule has 1 aromatic heterocycles. The molecule has 6 N–H and O–H groups in total. The highest BCUT2D eigenvalue weighted by Crippen LogP contribution is 2.34. The van der Waals surface area contributed by atoms with Gasteiger partial charge in [0.25, 0.3) is 5.91 Å². The molecule has 0 saturated heterocycles. The molecule has 0 atom stereocenters. The molecule has 1 heterocycles. The third-order valence-electron chi connectivity index (χ3n) is 5.88. The number of anilines is 3. The van der Waals surface area contributed by atoms with Crippen molar-refractivity contribution in [2.24, 2.45) is 0 Å². The van der Waals surface area contributed by atoms with Gasteiger partial charge in [0.15, 0.2) is 22.5 Å². The van der Waals surface area contributed by atoms with Gasteiger partial charge < -0.3 is 31.5 Å². The highest BCUT2D eigenvalue weighted by molar-refractivity contribution is 6.31. The highest BCUT2D eigenvalue weighted by Gasteiger charge is 2.25. The summed E-state index contributed by atoms with van der Waals surface area (Å²) in [6.45, 7) is 10.0. The van der Waals surface area contributed by atoms with Crippen LogP contribution in [0.25, 0.3) is 0 Å². The van der Waals surface area contributed by atoms with E-state index in [1.807, 2.05) is 58.9 Å². The Morgan fingerprint density at radius 1 is 1.08 bits per heavy atom. The Morgan fingerprint density at radius 3 is 2.41 bits per heavy atom. The van der Waals surface area contributed by atoms with E-state index >= 15 is 0 Å². The molecule has 2 aromatic carbocycles. The van der Waals surface area contributed by atoms with Crippen LogP contribution in [0.5, 0.6) is 5.75 Å². The number of aromatic nitrogens is 2. The predicted molar refractivity (Wildman–Crippen MR) is 153 cm³/mol. The maximum Gasteiger partial charge on any atom is 0.410 e. The molecule has 0 spiro atoms. The van der Waals surface area contributed by atoms with Gasteiger partial charge in [-0.25, -0.2) is 14.8 Å². The Balaban J connectivity index is 2.09. The molecule has 2 amide bonds. The van der Waals surface area contributed by atoms with E-state index in [-0.39, 0.29) is 40.5 Å². The number of carbonyl (C=O) groups is 2. The molecule has 0 saturated carbocycles. The van der Waals surface area contributed by atoms with Crippen LogP contribution in [0.1, 0.15) is 66.9 Å². The number of carbonyl (C=O) groups excluding carboxylic acids is 2. The number of rotatable bonds is 8. The molecule has 0 aliphatic rings. The third-order valence-corrected chi connectivity index (χ3v) is 6.16. The number of halogens is 1. The van der Waals surface area contributed by atoms with Gasteiger partial charge in [-0.05, 0) is 62.4 Å². The second kappa shape index (κ2) is 12.2. The summed E-state index contributed by atoms with van der Waals surface area (Å²) in [6.07, 6.45) is 0.623. The third kappa shape index (κ3) is 7.51. The molecule has 0 unspecified atom stereocenters. The van der Waals surface area contributed by atoms with Crippen molar-refractivity contribution in [3.63, 3.8) is 0 Å². The lowest BCUT2D eigenvalue weighted by molar-refractivity contribution is 0.0233. The smallest absolute Gasteiger partial charge is 0.410 e. The Hall–Kier alpha value is -4.05. The zero-order valence-electron chi connectivity index (χ0n) is 22.8. The van der Waals surface area contributed by atoms with E-state index in [1.165, 1.54) is 6.07 Å². The Kier molecular flexibility index (Phi) is 9.24. The van der Waals surface area contributed by atoms with E-state index in [0.717, 1.165) is 16.7 Å². The zero-order valence-corrected chi connectivity index (χ0v) is 23.6. The number of hydrogen-bond donors (Lipinski definition) is 4. The number of phenolic OH excluding ortho intramolecular Hbond substituents is 1. The summed E-state index contributed by atoms with van der Waals surface area (Å²) in [7, 11) is 0. The van der Waals surface area contributed by atoms with Gasteiger partial charge in [-0.2, -0.15) is 0 Å². The van der Waals surface area contributed by atoms with Gasteiger partial charge in [0.05, 0.1) is 5.69 Å². The summed E-state index contributed by atoms with van der Waals surface area (Å²) < 4.78 is 5.63. The lowest BCUT2D eigenvalue weighted by atomic mass is 9.94. The van der Waals surface area contributed by atoms with Crippen LogP contribution in [0.2, 0.25) is 5.15 Å². The van der Waals surface area contributed by atoms with Crippen LogP contribution in [0.3, 0.4) is 0 Å². The first-order valence-electron chi connectivity index (χ1n) is 12.6. The minimum absolute atomic E-state index is 0.103. The van der Waals surface area contributed by atoms with Crippen LogP contribution in [-0.4, -0.2) is 44.1 Å². The lowest BCUT2D eigenvalue weighted by Crippen LogP contribution is -2.37. The Morgan fingerprint density at radius 2 is 1.77 bits per heavy atom. The van der Waals surface area contributed by atoms with Crippen molar-refractivity contribution >= 4 is 40.9 Å². The molecule has 0 fully saturated rings. The van der Waals surface area contributed by atoms with Crippen LogP contribution in [0.4, 0.5) is 22.1 Å². The number of nitrogens with zero attached hydrogens (tertiary/aromatic N) is 3. The monoisotopic (exact) mass is 554 g/mol. The van der Waals surface area contributed by atoms with E-state index < -0.39 is 17.6 Å². The van der Waals surface area contributed by atoms with E-state index in [4.69, 9.17) is 27.8 Å². The highest BCUT2D eigenvalue weighted by atomic mass is 35.5. The van der Waals surface area contributed by atoms with Crippen molar-refractivity contribution in [3.8, 4) is 5.75 Å². The molecule has 11 heteroatoms. The van der Waals surface area contributed by atoms with E-state index in [1.54, 1.807) is 11.0 Å². The topological polar surface area (TPSA) is 157 Å². The number of nitrogens with one attached hydrogen (secondary N) is 1. The van der Waals surface area contributed by atoms with Crippen LogP contribution in [0, 0.1) is 6.92 Å². The minimum Gasteiger partial charge on any atom is -0.506 e. The van der Waals surface area contributed by atoms with Crippen LogP contribution >= 0.6 is 11.6 Å². The molecule has 3 rings (SSSR count). The summed E-state index contributed by atoms with van der Waals surface area (Å²) >= 11 is 5.97. The maximum atomic E-state index is 13.2. The second-order valence-electron chi connectivity index (χ2n) is 10.2. The van der Waals surface area contributed by atoms with Gasteiger partial charge in [-0.1, -0.05) is 48.9 Å². The first-order valence-corrected chi connectivity index (χ1v) is 12.9. The van der Waals surface area contributed by atoms with E-state index in [9.17, 15) is 14.7 Å². The SMILES string of the molecule is CCCN(Cc1ccc(O)c(NC(=O)c2nc(Cl)c(N)nc2N)c1Cc1ccccc1C)C(=O)OC(C)(C)C. The van der Waals surface area contributed by atoms with Gasteiger partial charge >= 0.3 is 6.09 Å². The summed E-state index contributed by atoms with van der Waals surface area (Å²) in [5.74, 6) is -1.19. The predicted octanol–water partition coefficient (Wildman–Crippen LogP) is 5.30. The Bertz CT molecular complexity index is 1370. The largest absolute Gasteiger partial charge is 0.506 e. The minimum atomic E-state index is -0.724. The fourth-order valence-corrected chi connectivity index (χ4v) is 4.11. The molecule has 39 heavy (non-hydrogen) atoms. The average molecular weight is 555 g/mol. The van der Waals surface area contributed by atoms with Crippen LogP contribution < -0.4 is 16.8 Å². The number of ether oxygens (including phenoxy) is 1. The number of aromatic hydroxyl groups is 1. The first kappa shape index (κ1) is 29.5. The first-order chi connectivity index (χ1) is 18.3. The standard InChI is InChI=1S/C28H35ClN6O4/c1-6-13-35(27(38)39-28(3,4)5)15-18-11-12-20(36)21(19(18)14-17-10-8-7-9-16(17)2)33-26(37)22-24(30)34-25(31)23(29)32-22/h7-12,36H,6,13-15H2,1-5H3,(H,33,37)(H4,30,31,34). The summed E-state index contributed by atoms with van der Waals surface area (Å²) in [6, 6.07) is 11.0. The number of nitrogen functional groups attached to an aromatic ring is 2. The maximum absolute atomic E-state index is 13.2. The number of phenols is 1. The Labute approximate surface area is 233 Å². The van der Waals surface area contributed by atoms with Gasteiger partial charge in [0.2, 0.25) is 0 Å². The summed E-state index contributed by atoms with van der Waals surface area (Å²) in [5.41, 5.74) is 14.1. The van der Waals surface area contributed by atoms with Gasteiger partial charge in [-0.15, -0.1) is 0 Å². The van der Waals surface area contributed by atoms with Crippen molar-refractivity contribution in [1.29, 1.82) is 0 Å². The quantitative estimate of drug-likeness (QED) is 0.273. The van der Waals surface area contributed by atoms with Crippen molar-refractivity contribution in [2.45, 2.75) is 59.6 Å². The molecule has 0 bridgehead atoms. The molecule has 0 aliphatic heterocycles. The number of aryl methyl sites for hydroxylation is 1. The van der Waals surface area contributed by atoms with E-state index in [0.29, 0.717) is 24.9 Å².